The smallest absolute Gasteiger partial charge is 0.170 e. The third-order valence-corrected chi connectivity index (χ3v) is 5.76. The molecule has 5 nitrogen and oxygen atoms in total. The summed E-state index contributed by atoms with van der Waals surface area (Å²) in [5.41, 5.74) is 1.86. The Hall–Kier alpha value is -3.09. The number of rotatable bonds is 5. The molecule has 1 N–H and O–H groups in total. The van der Waals surface area contributed by atoms with Crippen molar-refractivity contribution >= 4 is 28.9 Å². The fourth-order valence-electron chi connectivity index (χ4n) is 3.74. The number of hydrogen-bond donors (Lipinski definition) is 1. The second-order valence-electron chi connectivity index (χ2n) is 7.04. The average Bonchev–Trinajstić information content (AvgIpc) is 3.51. The highest BCUT2D eigenvalue weighted by atomic mass is 35.5. The molecule has 0 amide bonds. The van der Waals surface area contributed by atoms with Gasteiger partial charge in [-0.2, -0.15) is 0 Å². The van der Waals surface area contributed by atoms with Crippen LogP contribution in [0.15, 0.2) is 88.0 Å². The van der Waals surface area contributed by atoms with Gasteiger partial charge in [-0.1, -0.05) is 17.7 Å². The highest BCUT2D eigenvalue weighted by Gasteiger charge is 2.42. The van der Waals surface area contributed by atoms with Crippen molar-refractivity contribution in [1.82, 2.24) is 15.2 Å². The van der Waals surface area contributed by atoms with Gasteiger partial charge < -0.3 is 19.1 Å². The van der Waals surface area contributed by atoms with E-state index < -0.39 is 0 Å². The number of nitrogens with one attached hydrogen (secondary N) is 1. The molecule has 1 fully saturated rings. The molecule has 3 aromatic heterocycles. The van der Waals surface area contributed by atoms with E-state index in [2.05, 4.69) is 15.2 Å². The molecule has 1 aromatic carbocycles. The minimum Gasteiger partial charge on any atom is -0.467 e. The van der Waals surface area contributed by atoms with Crippen molar-refractivity contribution in [2.45, 2.75) is 18.6 Å². The zero-order valence-corrected chi connectivity index (χ0v) is 17.4. The molecule has 30 heavy (non-hydrogen) atoms. The molecule has 2 atom stereocenters. The van der Waals surface area contributed by atoms with Gasteiger partial charge in [-0.05, 0) is 72.9 Å². The van der Waals surface area contributed by atoms with Crippen LogP contribution in [0.2, 0.25) is 5.02 Å². The maximum absolute atomic E-state index is 6.30. The number of halogens is 1. The number of pyridine rings is 1. The van der Waals surface area contributed by atoms with E-state index in [9.17, 15) is 0 Å². The summed E-state index contributed by atoms with van der Waals surface area (Å²) in [6.45, 7) is 0.532. The maximum atomic E-state index is 6.30. The summed E-state index contributed by atoms with van der Waals surface area (Å²) in [5.74, 6) is 2.40. The van der Waals surface area contributed by atoms with E-state index in [0.29, 0.717) is 16.7 Å². The van der Waals surface area contributed by atoms with Crippen LogP contribution in [0, 0.1) is 0 Å². The predicted octanol–water partition coefficient (Wildman–Crippen LogP) is 5.76. The Morgan fingerprint density at radius 2 is 1.90 bits per heavy atom. The van der Waals surface area contributed by atoms with Gasteiger partial charge in [-0.3, -0.25) is 4.98 Å². The van der Waals surface area contributed by atoms with Crippen LogP contribution in [0.25, 0.3) is 11.3 Å². The van der Waals surface area contributed by atoms with E-state index in [1.54, 1.807) is 12.5 Å². The first-order valence-corrected chi connectivity index (χ1v) is 10.3. The van der Waals surface area contributed by atoms with Crippen molar-refractivity contribution in [1.29, 1.82) is 0 Å². The Balaban J connectivity index is 1.53. The van der Waals surface area contributed by atoms with Gasteiger partial charge in [0.1, 0.15) is 23.3 Å². The van der Waals surface area contributed by atoms with E-state index in [-0.39, 0.29) is 12.1 Å². The molecule has 0 bridgehead atoms. The van der Waals surface area contributed by atoms with Crippen molar-refractivity contribution in [3.8, 4) is 11.3 Å². The molecule has 5 rings (SSSR count). The highest BCUT2D eigenvalue weighted by Crippen LogP contribution is 2.41. The molecule has 4 aromatic rings. The monoisotopic (exact) mass is 435 g/mol. The first-order chi connectivity index (χ1) is 14.7. The zero-order chi connectivity index (χ0) is 20.5. The molecule has 4 heterocycles. The van der Waals surface area contributed by atoms with Gasteiger partial charge in [-0.25, -0.2) is 0 Å². The summed E-state index contributed by atoms with van der Waals surface area (Å²) in [6, 6.07) is 20.9. The molecular formula is C23H18ClN3O2S. The molecule has 0 aliphatic carbocycles. The van der Waals surface area contributed by atoms with E-state index in [1.165, 1.54) is 0 Å². The fourth-order valence-corrected chi connectivity index (χ4v) is 4.17. The van der Waals surface area contributed by atoms with E-state index in [1.807, 2.05) is 66.7 Å². The van der Waals surface area contributed by atoms with Gasteiger partial charge in [0.2, 0.25) is 0 Å². The summed E-state index contributed by atoms with van der Waals surface area (Å²) < 4.78 is 11.9. The summed E-state index contributed by atoms with van der Waals surface area (Å²) >= 11 is 11.7. The van der Waals surface area contributed by atoms with Crippen LogP contribution in [-0.4, -0.2) is 15.0 Å². The predicted molar refractivity (Wildman–Crippen MR) is 119 cm³/mol. The Labute approximate surface area is 184 Å². The summed E-state index contributed by atoms with van der Waals surface area (Å²) in [4.78, 5) is 6.63. The second kappa shape index (κ2) is 7.97. The molecule has 0 spiro atoms. The summed E-state index contributed by atoms with van der Waals surface area (Å²) in [7, 11) is 0. The minimum atomic E-state index is -0.168. The van der Waals surface area contributed by atoms with Gasteiger partial charge in [0.25, 0.3) is 0 Å². The van der Waals surface area contributed by atoms with Crippen molar-refractivity contribution < 1.29 is 8.83 Å². The fraction of sp³-hybridized carbons (Fsp3) is 0.130. The first-order valence-electron chi connectivity index (χ1n) is 9.55. The largest absolute Gasteiger partial charge is 0.467 e. The van der Waals surface area contributed by atoms with Crippen LogP contribution in [0.1, 0.15) is 29.3 Å². The Morgan fingerprint density at radius 1 is 1.03 bits per heavy atom. The number of hydrogen-bond acceptors (Lipinski definition) is 4. The first kappa shape index (κ1) is 18.9. The molecule has 1 aliphatic heterocycles. The molecule has 1 saturated heterocycles. The van der Waals surface area contributed by atoms with Gasteiger partial charge in [-0.15, -0.1) is 0 Å². The molecule has 0 unspecified atom stereocenters. The van der Waals surface area contributed by atoms with Crippen molar-refractivity contribution in [3.05, 3.63) is 101 Å². The lowest BCUT2D eigenvalue weighted by Gasteiger charge is -2.25. The Bertz CT molecular complexity index is 1140. The van der Waals surface area contributed by atoms with Crippen LogP contribution in [0.5, 0.6) is 0 Å². The molecular weight excluding hydrogens is 418 g/mol. The van der Waals surface area contributed by atoms with Crippen LogP contribution in [-0.2, 0) is 6.54 Å². The Kier molecular flexibility index (Phi) is 5.02. The molecule has 7 heteroatoms. The molecule has 1 aliphatic rings. The third-order valence-electron chi connectivity index (χ3n) is 5.15. The van der Waals surface area contributed by atoms with Crippen LogP contribution in [0.3, 0.4) is 0 Å². The number of furan rings is 2. The average molecular weight is 436 g/mol. The maximum Gasteiger partial charge on any atom is 0.170 e. The van der Waals surface area contributed by atoms with Gasteiger partial charge in [0, 0.05) is 16.8 Å². The Morgan fingerprint density at radius 3 is 2.63 bits per heavy atom. The summed E-state index contributed by atoms with van der Waals surface area (Å²) in [5, 5.41) is 4.74. The second-order valence-corrected chi connectivity index (χ2v) is 7.87. The lowest BCUT2D eigenvalue weighted by molar-refractivity contribution is 0.253. The minimum absolute atomic E-state index is 0.141. The molecule has 0 radical (unpaired) electrons. The van der Waals surface area contributed by atoms with Gasteiger partial charge in [0.05, 0.1) is 24.5 Å². The van der Waals surface area contributed by atoms with Gasteiger partial charge in [0.15, 0.2) is 5.11 Å². The van der Waals surface area contributed by atoms with Crippen molar-refractivity contribution in [2.24, 2.45) is 0 Å². The molecule has 150 valence electrons. The quantitative estimate of drug-likeness (QED) is 0.402. The van der Waals surface area contributed by atoms with Crippen LogP contribution >= 0.6 is 23.8 Å². The number of thiocarbonyl (C=S) groups is 1. The van der Waals surface area contributed by atoms with E-state index in [0.717, 1.165) is 28.5 Å². The highest BCUT2D eigenvalue weighted by molar-refractivity contribution is 7.80. The lowest BCUT2D eigenvalue weighted by Crippen LogP contribution is -2.28. The van der Waals surface area contributed by atoms with Crippen molar-refractivity contribution in [3.63, 3.8) is 0 Å². The topological polar surface area (TPSA) is 54.4 Å². The standard InChI is InChI=1S/C23H18ClN3O2S/c24-16-8-6-15(7-9-16)19-10-11-20(29-19)22-21(18-5-1-2-12-25-18)26-23(30)27(22)14-17-4-3-13-28-17/h1-13,21-22H,14H2,(H,26,30)/t21-,22-/m1/s1. The van der Waals surface area contributed by atoms with Crippen molar-refractivity contribution in [2.75, 3.05) is 0 Å². The van der Waals surface area contributed by atoms with E-state index >= 15 is 0 Å². The van der Waals surface area contributed by atoms with E-state index in [4.69, 9.17) is 32.7 Å². The number of aromatic nitrogens is 1. The number of nitrogens with zero attached hydrogens (tertiary/aromatic N) is 2. The van der Waals surface area contributed by atoms with Crippen LogP contribution in [0.4, 0.5) is 0 Å². The normalized spacial score (nSPS) is 18.6. The third kappa shape index (κ3) is 3.60. The number of benzene rings is 1. The summed E-state index contributed by atoms with van der Waals surface area (Å²) in [6.07, 6.45) is 3.45. The molecule has 0 saturated carbocycles. The zero-order valence-electron chi connectivity index (χ0n) is 15.9. The lowest BCUT2D eigenvalue weighted by atomic mass is 10.0. The van der Waals surface area contributed by atoms with Crippen LogP contribution < -0.4 is 5.32 Å². The van der Waals surface area contributed by atoms with Gasteiger partial charge >= 0.3 is 0 Å². The SMILES string of the molecule is S=C1N[C@H](c2ccccn2)[C@@H](c2ccc(-c3ccc(Cl)cc3)o2)N1Cc1ccco1.